The zero-order chi connectivity index (χ0) is 11.7. The third-order valence-electron chi connectivity index (χ3n) is 4.10. The Hall–Kier alpha value is -0.220. The van der Waals surface area contributed by atoms with E-state index in [4.69, 9.17) is 0 Å². The second kappa shape index (κ2) is 5.19. The average molecular weight is 254 g/mol. The third kappa shape index (κ3) is 2.63. The quantitative estimate of drug-likeness (QED) is 0.831. The molecule has 2 atom stereocenters. The summed E-state index contributed by atoms with van der Waals surface area (Å²) in [6, 6.07) is 1.23. The number of nitrogens with one attached hydrogen (secondary N) is 1. The molecule has 2 aliphatic heterocycles. The summed E-state index contributed by atoms with van der Waals surface area (Å²) in [6.45, 7) is 1.02. The summed E-state index contributed by atoms with van der Waals surface area (Å²) in [6.07, 6.45) is 7.16. The van der Waals surface area contributed by atoms with E-state index in [9.17, 15) is 4.79 Å². The molecule has 1 N–H and O–H groups in total. The molecule has 0 radical (unpaired) electrons. The summed E-state index contributed by atoms with van der Waals surface area (Å²) in [5.41, 5.74) is 0. The maximum Gasteiger partial charge on any atom is 0.240 e. The zero-order valence-corrected chi connectivity index (χ0v) is 11.2. The number of nitrogens with zero attached hydrogens (tertiary/aromatic N) is 1. The smallest absolute Gasteiger partial charge is 0.240 e. The van der Waals surface area contributed by atoms with Crippen molar-refractivity contribution in [1.29, 1.82) is 0 Å². The van der Waals surface area contributed by atoms with E-state index in [1.54, 1.807) is 0 Å². The molecule has 3 aliphatic rings. The monoisotopic (exact) mass is 254 g/mol. The first kappa shape index (κ1) is 11.8. The highest BCUT2D eigenvalue weighted by atomic mass is 32.2. The van der Waals surface area contributed by atoms with E-state index < -0.39 is 0 Å². The van der Waals surface area contributed by atoms with Gasteiger partial charge in [0.1, 0.15) is 0 Å². The fourth-order valence-electron chi connectivity index (χ4n) is 2.99. The molecule has 0 aromatic rings. The molecule has 0 aromatic heterocycles. The van der Waals surface area contributed by atoms with Gasteiger partial charge in [0.05, 0.1) is 6.04 Å². The van der Waals surface area contributed by atoms with Gasteiger partial charge in [0.2, 0.25) is 5.91 Å². The largest absolute Gasteiger partial charge is 0.335 e. The molecule has 1 aliphatic carbocycles. The van der Waals surface area contributed by atoms with Crippen molar-refractivity contribution in [3.63, 3.8) is 0 Å². The summed E-state index contributed by atoms with van der Waals surface area (Å²) in [5.74, 6) is 2.80. The van der Waals surface area contributed by atoms with Gasteiger partial charge in [0.15, 0.2) is 0 Å². The van der Waals surface area contributed by atoms with Gasteiger partial charge in [0.25, 0.3) is 0 Å². The maximum atomic E-state index is 12.6. The number of carbonyl (C=O) groups is 1. The van der Waals surface area contributed by atoms with Crippen LogP contribution < -0.4 is 5.32 Å². The minimum atomic E-state index is 0.120. The molecule has 17 heavy (non-hydrogen) atoms. The van der Waals surface area contributed by atoms with Crippen LogP contribution in [0.15, 0.2) is 0 Å². The SMILES string of the molecule is O=C([C@H]1CCCCN1)N(C1CC1)[C@H]1CCSC1. The average Bonchev–Trinajstić information content (AvgIpc) is 3.05. The van der Waals surface area contributed by atoms with Gasteiger partial charge in [-0.1, -0.05) is 6.42 Å². The van der Waals surface area contributed by atoms with Crippen LogP contribution in [0.5, 0.6) is 0 Å². The van der Waals surface area contributed by atoms with Crippen LogP contribution in [0.2, 0.25) is 0 Å². The van der Waals surface area contributed by atoms with Crippen LogP contribution in [0.4, 0.5) is 0 Å². The molecule has 0 aromatic carbocycles. The summed E-state index contributed by atoms with van der Waals surface area (Å²) in [4.78, 5) is 14.9. The third-order valence-corrected chi connectivity index (χ3v) is 5.25. The Bertz CT molecular complexity index is 281. The van der Waals surface area contributed by atoms with Gasteiger partial charge in [-0.2, -0.15) is 11.8 Å². The highest BCUT2D eigenvalue weighted by Crippen LogP contribution is 2.34. The van der Waals surface area contributed by atoms with Crippen LogP contribution in [-0.2, 0) is 4.79 Å². The fourth-order valence-corrected chi connectivity index (χ4v) is 4.20. The number of thioether (sulfide) groups is 1. The predicted octanol–water partition coefficient (Wildman–Crippen LogP) is 1.62. The predicted molar refractivity (Wildman–Crippen MR) is 71.2 cm³/mol. The number of piperidine rings is 1. The van der Waals surface area contributed by atoms with Crippen LogP contribution in [0.25, 0.3) is 0 Å². The number of hydrogen-bond acceptors (Lipinski definition) is 3. The van der Waals surface area contributed by atoms with Gasteiger partial charge in [-0.05, 0) is 44.4 Å². The van der Waals surface area contributed by atoms with Crippen molar-refractivity contribution >= 4 is 17.7 Å². The number of hydrogen-bond donors (Lipinski definition) is 1. The van der Waals surface area contributed by atoms with Crippen LogP contribution in [0.3, 0.4) is 0 Å². The van der Waals surface area contributed by atoms with E-state index in [0.717, 1.165) is 18.7 Å². The van der Waals surface area contributed by atoms with E-state index in [-0.39, 0.29) is 6.04 Å². The van der Waals surface area contributed by atoms with Crippen molar-refractivity contribution in [2.75, 3.05) is 18.1 Å². The minimum Gasteiger partial charge on any atom is -0.335 e. The van der Waals surface area contributed by atoms with Gasteiger partial charge < -0.3 is 10.2 Å². The van der Waals surface area contributed by atoms with Gasteiger partial charge in [0, 0.05) is 17.8 Å². The lowest BCUT2D eigenvalue weighted by atomic mass is 10.0. The van der Waals surface area contributed by atoms with Crippen molar-refractivity contribution in [3.8, 4) is 0 Å². The molecular formula is C13H22N2OS. The van der Waals surface area contributed by atoms with E-state index in [1.165, 1.54) is 37.9 Å². The van der Waals surface area contributed by atoms with Gasteiger partial charge >= 0.3 is 0 Å². The molecule has 4 heteroatoms. The molecule has 0 bridgehead atoms. The normalized spacial score (nSPS) is 33.6. The Morgan fingerprint density at radius 1 is 1.12 bits per heavy atom. The molecule has 3 rings (SSSR count). The van der Waals surface area contributed by atoms with Crippen LogP contribution in [0, 0.1) is 0 Å². The van der Waals surface area contributed by atoms with Gasteiger partial charge in [-0.3, -0.25) is 4.79 Å². The topological polar surface area (TPSA) is 32.3 Å². The Labute approximate surface area is 108 Å². The lowest BCUT2D eigenvalue weighted by Gasteiger charge is -2.34. The zero-order valence-electron chi connectivity index (χ0n) is 10.4. The van der Waals surface area contributed by atoms with Crippen LogP contribution >= 0.6 is 11.8 Å². The van der Waals surface area contributed by atoms with E-state index in [2.05, 4.69) is 10.2 Å². The van der Waals surface area contributed by atoms with E-state index >= 15 is 0 Å². The van der Waals surface area contributed by atoms with Crippen molar-refractivity contribution in [2.45, 2.75) is 56.7 Å². The molecule has 3 nitrogen and oxygen atoms in total. The summed E-state index contributed by atoms with van der Waals surface area (Å²) in [7, 11) is 0. The van der Waals surface area contributed by atoms with Gasteiger partial charge in [-0.15, -0.1) is 0 Å². The van der Waals surface area contributed by atoms with Crippen molar-refractivity contribution < 1.29 is 4.79 Å². The minimum absolute atomic E-state index is 0.120. The lowest BCUT2D eigenvalue weighted by molar-refractivity contribution is -0.136. The number of amides is 1. The molecule has 2 heterocycles. The molecule has 2 saturated heterocycles. The Morgan fingerprint density at radius 2 is 2.00 bits per heavy atom. The Balaban J connectivity index is 1.66. The van der Waals surface area contributed by atoms with Crippen molar-refractivity contribution in [1.82, 2.24) is 10.2 Å². The summed E-state index contributed by atoms with van der Waals surface area (Å²) >= 11 is 2.01. The first-order valence-electron chi connectivity index (χ1n) is 6.99. The number of carbonyl (C=O) groups excluding carboxylic acids is 1. The highest BCUT2D eigenvalue weighted by Gasteiger charge is 2.40. The second-order valence-electron chi connectivity index (χ2n) is 5.50. The molecule has 3 fully saturated rings. The summed E-state index contributed by atoms with van der Waals surface area (Å²) in [5, 5.41) is 3.41. The van der Waals surface area contributed by atoms with Crippen molar-refractivity contribution in [2.24, 2.45) is 0 Å². The lowest BCUT2D eigenvalue weighted by Crippen LogP contribution is -2.52. The molecule has 96 valence electrons. The Kier molecular flexibility index (Phi) is 3.61. The maximum absolute atomic E-state index is 12.6. The first-order valence-corrected chi connectivity index (χ1v) is 8.15. The molecule has 0 unspecified atom stereocenters. The fraction of sp³-hybridized carbons (Fsp3) is 0.923. The second-order valence-corrected chi connectivity index (χ2v) is 6.65. The molecule has 1 amide bonds. The van der Waals surface area contributed by atoms with E-state index in [1.807, 2.05) is 11.8 Å². The number of rotatable bonds is 3. The van der Waals surface area contributed by atoms with Gasteiger partial charge in [-0.25, -0.2) is 0 Å². The summed E-state index contributed by atoms with van der Waals surface area (Å²) < 4.78 is 0. The van der Waals surface area contributed by atoms with Crippen LogP contribution in [0.1, 0.15) is 38.5 Å². The van der Waals surface area contributed by atoms with Crippen molar-refractivity contribution in [3.05, 3.63) is 0 Å². The first-order chi connectivity index (χ1) is 8.36. The van der Waals surface area contributed by atoms with E-state index in [0.29, 0.717) is 18.0 Å². The Morgan fingerprint density at radius 3 is 2.59 bits per heavy atom. The molecule has 0 spiro atoms. The standard InChI is InChI=1S/C13H22N2OS/c16-13(12-3-1-2-7-14-12)15(10-4-5-10)11-6-8-17-9-11/h10-12,14H,1-9H2/t11-,12+/m0/s1. The highest BCUT2D eigenvalue weighted by molar-refractivity contribution is 7.99. The molecule has 1 saturated carbocycles. The molecular weight excluding hydrogens is 232 g/mol. The van der Waals surface area contributed by atoms with Crippen LogP contribution in [-0.4, -0.2) is 47.0 Å².